The van der Waals surface area contributed by atoms with E-state index in [1.807, 2.05) is 4.90 Å². The minimum Gasteiger partial charge on any atom is -0.391 e. The fraction of sp³-hybridized carbons (Fsp3) is 0.500. The van der Waals surface area contributed by atoms with Gasteiger partial charge in [0.25, 0.3) is 0 Å². The van der Waals surface area contributed by atoms with Crippen LogP contribution >= 0.6 is 0 Å². The molecule has 3 rings (SSSR count). The number of carbonyl (C=O) groups is 1. The van der Waals surface area contributed by atoms with Crippen molar-refractivity contribution in [1.29, 1.82) is 0 Å². The highest BCUT2D eigenvalue weighted by molar-refractivity contribution is 5.96. The van der Waals surface area contributed by atoms with Crippen molar-refractivity contribution in [3.05, 3.63) is 24.0 Å². The number of benzene rings is 1. The number of rotatable bonds is 2. The van der Waals surface area contributed by atoms with Crippen molar-refractivity contribution in [2.45, 2.75) is 12.5 Å². The van der Waals surface area contributed by atoms with E-state index >= 15 is 0 Å². The molecule has 0 aromatic heterocycles. The highest BCUT2D eigenvalue weighted by Gasteiger charge is 2.29. The van der Waals surface area contributed by atoms with Gasteiger partial charge in [0, 0.05) is 18.8 Å². The molecule has 6 heteroatoms. The van der Waals surface area contributed by atoms with Crippen LogP contribution in [0.5, 0.6) is 0 Å². The molecule has 2 aliphatic rings. The van der Waals surface area contributed by atoms with Crippen molar-refractivity contribution in [3.8, 4) is 0 Å². The molecule has 0 aliphatic carbocycles. The Bertz CT molecular complexity index is 517. The number of aliphatic hydroxyl groups is 1. The first-order chi connectivity index (χ1) is 9.65. The number of hydrogen-bond donors (Lipinski definition) is 1. The Labute approximate surface area is 116 Å². The topological polar surface area (TPSA) is 53.0 Å². The zero-order valence-corrected chi connectivity index (χ0v) is 11.1. The molecule has 1 N–H and O–H groups in total. The Kier molecular flexibility index (Phi) is 3.58. The minimum absolute atomic E-state index is 0.104. The van der Waals surface area contributed by atoms with Crippen molar-refractivity contribution >= 4 is 17.3 Å². The predicted octanol–water partition coefficient (Wildman–Crippen LogP) is 0.760. The summed E-state index contributed by atoms with van der Waals surface area (Å²) in [7, 11) is 0. The van der Waals surface area contributed by atoms with E-state index in [0.717, 1.165) is 0 Å². The van der Waals surface area contributed by atoms with Gasteiger partial charge < -0.3 is 19.6 Å². The van der Waals surface area contributed by atoms with Crippen LogP contribution in [0.1, 0.15) is 6.42 Å². The summed E-state index contributed by atoms with van der Waals surface area (Å²) in [6.07, 6.45) is -0.559. The van der Waals surface area contributed by atoms with Crippen LogP contribution in [0.3, 0.4) is 0 Å². The number of morpholine rings is 1. The number of halogens is 1. The number of nitrogens with zero attached hydrogens (tertiary/aromatic N) is 2. The van der Waals surface area contributed by atoms with Gasteiger partial charge in [-0.2, -0.15) is 0 Å². The molecular weight excluding hydrogens is 263 g/mol. The van der Waals surface area contributed by atoms with Gasteiger partial charge in [-0.05, 0) is 18.2 Å². The second-order valence-corrected chi connectivity index (χ2v) is 5.10. The SMILES string of the molecule is O=C1CC(O)CN1c1ccc(N2CCOCC2)c(F)c1. The zero-order chi connectivity index (χ0) is 14.1. The second-order valence-electron chi connectivity index (χ2n) is 5.10. The number of anilines is 2. The first kappa shape index (κ1) is 13.3. The molecule has 5 nitrogen and oxygen atoms in total. The first-order valence-corrected chi connectivity index (χ1v) is 6.76. The van der Waals surface area contributed by atoms with Crippen LogP contribution in [0, 0.1) is 5.82 Å². The molecule has 0 radical (unpaired) electrons. The van der Waals surface area contributed by atoms with Crippen molar-refractivity contribution < 1.29 is 19.0 Å². The predicted molar refractivity (Wildman–Crippen MR) is 72.4 cm³/mol. The molecule has 1 unspecified atom stereocenters. The summed E-state index contributed by atoms with van der Waals surface area (Å²) in [5.74, 6) is -0.519. The number of amides is 1. The molecule has 0 saturated carbocycles. The molecule has 2 heterocycles. The van der Waals surface area contributed by atoms with E-state index < -0.39 is 6.10 Å². The Morgan fingerprint density at radius 1 is 1.30 bits per heavy atom. The lowest BCUT2D eigenvalue weighted by Gasteiger charge is -2.29. The van der Waals surface area contributed by atoms with E-state index in [1.54, 1.807) is 12.1 Å². The van der Waals surface area contributed by atoms with Crippen molar-refractivity contribution in [1.82, 2.24) is 0 Å². The number of carbonyl (C=O) groups excluding carboxylic acids is 1. The summed E-state index contributed by atoms with van der Waals surface area (Å²) in [5.41, 5.74) is 1.03. The number of aliphatic hydroxyl groups excluding tert-OH is 1. The molecule has 2 aliphatic heterocycles. The summed E-state index contributed by atoms with van der Waals surface area (Å²) in [4.78, 5) is 15.1. The third-order valence-corrected chi connectivity index (χ3v) is 3.70. The maximum absolute atomic E-state index is 14.2. The van der Waals surface area contributed by atoms with Crippen molar-refractivity contribution in [2.75, 3.05) is 42.6 Å². The fourth-order valence-electron chi connectivity index (χ4n) is 2.66. The molecule has 1 atom stereocenters. The van der Waals surface area contributed by atoms with Crippen LogP contribution in [-0.4, -0.2) is 50.0 Å². The third-order valence-electron chi connectivity index (χ3n) is 3.70. The molecule has 1 aromatic carbocycles. The average molecular weight is 280 g/mol. The van der Waals surface area contributed by atoms with Crippen molar-refractivity contribution in [2.24, 2.45) is 0 Å². The molecule has 2 saturated heterocycles. The lowest BCUT2D eigenvalue weighted by Crippen LogP contribution is -2.36. The van der Waals surface area contributed by atoms with Gasteiger partial charge in [0.1, 0.15) is 5.82 Å². The third kappa shape index (κ3) is 2.48. The van der Waals surface area contributed by atoms with E-state index in [-0.39, 0.29) is 24.7 Å². The summed E-state index contributed by atoms with van der Waals surface area (Å²) in [6.45, 7) is 2.75. The van der Waals surface area contributed by atoms with Crippen LogP contribution in [-0.2, 0) is 9.53 Å². The van der Waals surface area contributed by atoms with Crippen LogP contribution < -0.4 is 9.80 Å². The summed E-state index contributed by atoms with van der Waals surface area (Å²) in [5, 5.41) is 9.48. The van der Waals surface area contributed by atoms with Gasteiger partial charge in [0.2, 0.25) is 5.91 Å². The molecule has 20 heavy (non-hydrogen) atoms. The Hall–Kier alpha value is -1.66. The molecule has 1 aromatic rings. The van der Waals surface area contributed by atoms with E-state index in [0.29, 0.717) is 37.7 Å². The smallest absolute Gasteiger partial charge is 0.229 e. The molecule has 108 valence electrons. The molecular formula is C14H17FN2O3. The quantitative estimate of drug-likeness (QED) is 0.869. The molecule has 0 bridgehead atoms. The van der Waals surface area contributed by atoms with E-state index in [1.165, 1.54) is 11.0 Å². The number of β-amino-alcohol motifs (C(OH)–C–C–N with tert-alkyl or cyclic N) is 1. The van der Waals surface area contributed by atoms with Crippen molar-refractivity contribution in [3.63, 3.8) is 0 Å². The van der Waals surface area contributed by atoms with Gasteiger partial charge in [-0.3, -0.25) is 4.79 Å². The second kappa shape index (κ2) is 5.38. The fourth-order valence-corrected chi connectivity index (χ4v) is 2.66. The van der Waals surface area contributed by atoms with E-state index in [2.05, 4.69) is 0 Å². The van der Waals surface area contributed by atoms with Crippen LogP contribution in [0.4, 0.5) is 15.8 Å². The maximum atomic E-state index is 14.2. The highest BCUT2D eigenvalue weighted by atomic mass is 19.1. The molecule has 0 spiro atoms. The lowest BCUT2D eigenvalue weighted by molar-refractivity contribution is -0.117. The molecule has 1 amide bonds. The zero-order valence-electron chi connectivity index (χ0n) is 11.1. The van der Waals surface area contributed by atoms with Gasteiger partial charge in [0.05, 0.1) is 38.0 Å². The Balaban J connectivity index is 1.82. The standard InChI is InChI=1S/C14H17FN2O3/c15-12-7-10(17-9-11(18)8-14(17)19)1-2-13(12)16-3-5-20-6-4-16/h1-2,7,11,18H,3-6,8-9H2. The molecule has 2 fully saturated rings. The maximum Gasteiger partial charge on any atom is 0.229 e. The van der Waals surface area contributed by atoms with Gasteiger partial charge in [-0.1, -0.05) is 0 Å². The largest absolute Gasteiger partial charge is 0.391 e. The van der Waals surface area contributed by atoms with Crippen LogP contribution in [0.25, 0.3) is 0 Å². The Morgan fingerprint density at radius 3 is 2.65 bits per heavy atom. The van der Waals surface area contributed by atoms with Gasteiger partial charge in [0.15, 0.2) is 0 Å². The summed E-state index contributed by atoms with van der Waals surface area (Å²) in [6, 6.07) is 4.78. The highest BCUT2D eigenvalue weighted by Crippen LogP contribution is 2.28. The lowest BCUT2D eigenvalue weighted by atomic mass is 10.2. The van der Waals surface area contributed by atoms with Gasteiger partial charge in [-0.15, -0.1) is 0 Å². The first-order valence-electron chi connectivity index (χ1n) is 6.76. The summed E-state index contributed by atoms with van der Waals surface area (Å²) < 4.78 is 19.5. The average Bonchev–Trinajstić information content (AvgIpc) is 2.78. The van der Waals surface area contributed by atoms with Gasteiger partial charge in [-0.25, -0.2) is 4.39 Å². The summed E-state index contributed by atoms with van der Waals surface area (Å²) >= 11 is 0. The Morgan fingerprint density at radius 2 is 2.05 bits per heavy atom. The van der Waals surface area contributed by atoms with Gasteiger partial charge >= 0.3 is 0 Å². The van der Waals surface area contributed by atoms with Crippen LogP contribution in [0.2, 0.25) is 0 Å². The van der Waals surface area contributed by atoms with E-state index in [4.69, 9.17) is 4.74 Å². The minimum atomic E-state index is -0.663. The normalized spacial score (nSPS) is 23.5. The number of ether oxygens (including phenoxy) is 1. The monoisotopic (exact) mass is 280 g/mol. The van der Waals surface area contributed by atoms with E-state index in [9.17, 15) is 14.3 Å². The number of hydrogen-bond acceptors (Lipinski definition) is 4. The van der Waals surface area contributed by atoms with Crippen LogP contribution in [0.15, 0.2) is 18.2 Å².